The van der Waals surface area contributed by atoms with Crippen LogP contribution in [0.15, 0.2) is 42.5 Å². The van der Waals surface area contributed by atoms with Crippen LogP contribution in [-0.2, 0) is 6.18 Å². The molecule has 0 saturated carbocycles. The SMILES string of the molecule is Cc1cc(-c2cc(NC(=O)c3ccc(C(=O)O)cc3C)n[nH]2)cc(C(F)(F)F)c1. The maximum atomic E-state index is 13.0. The minimum absolute atomic E-state index is 0.0565. The Hall–Kier alpha value is -3.62. The van der Waals surface area contributed by atoms with Crippen LogP contribution in [0.4, 0.5) is 19.0 Å². The highest BCUT2D eigenvalue weighted by molar-refractivity contribution is 6.05. The molecule has 0 radical (unpaired) electrons. The molecular weight excluding hydrogens is 387 g/mol. The van der Waals surface area contributed by atoms with E-state index >= 15 is 0 Å². The van der Waals surface area contributed by atoms with Gasteiger partial charge in [0.25, 0.3) is 5.91 Å². The molecule has 3 rings (SSSR count). The van der Waals surface area contributed by atoms with E-state index in [0.717, 1.165) is 12.1 Å². The van der Waals surface area contributed by atoms with Crippen molar-refractivity contribution < 1.29 is 27.9 Å². The molecule has 0 unspecified atom stereocenters. The van der Waals surface area contributed by atoms with Crippen molar-refractivity contribution >= 4 is 17.7 Å². The van der Waals surface area contributed by atoms with Gasteiger partial charge < -0.3 is 10.4 Å². The van der Waals surface area contributed by atoms with Crippen molar-refractivity contribution in [2.45, 2.75) is 20.0 Å². The molecule has 6 nitrogen and oxygen atoms in total. The van der Waals surface area contributed by atoms with Crippen LogP contribution in [0.5, 0.6) is 0 Å². The minimum atomic E-state index is -4.47. The Kier molecular flexibility index (Phi) is 5.15. The Morgan fingerprint density at radius 1 is 1.07 bits per heavy atom. The minimum Gasteiger partial charge on any atom is -0.478 e. The van der Waals surface area contributed by atoms with Crippen molar-refractivity contribution in [1.82, 2.24) is 10.2 Å². The molecule has 0 aliphatic rings. The first-order valence-electron chi connectivity index (χ1n) is 8.44. The predicted molar refractivity (Wildman–Crippen MR) is 99.9 cm³/mol. The lowest BCUT2D eigenvalue weighted by Crippen LogP contribution is -2.14. The largest absolute Gasteiger partial charge is 0.478 e. The van der Waals surface area contributed by atoms with Crippen LogP contribution in [0.3, 0.4) is 0 Å². The van der Waals surface area contributed by atoms with Gasteiger partial charge in [0.05, 0.1) is 16.8 Å². The zero-order chi connectivity index (χ0) is 21.3. The smallest absolute Gasteiger partial charge is 0.416 e. The van der Waals surface area contributed by atoms with E-state index < -0.39 is 23.6 Å². The number of alkyl halides is 3. The number of hydrogen-bond donors (Lipinski definition) is 3. The lowest BCUT2D eigenvalue weighted by molar-refractivity contribution is -0.137. The van der Waals surface area contributed by atoms with Crippen molar-refractivity contribution in [2.75, 3.05) is 5.32 Å². The Labute approximate surface area is 163 Å². The number of nitrogens with one attached hydrogen (secondary N) is 2. The van der Waals surface area contributed by atoms with E-state index in [1.54, 1.807) is 19.9 Å². The van der Waals surface area contributed by atoms with Gasteiger partial charge in [0.15, 0.2) is 5.82 Å². The molecule has 0 atom stereocenters. The number of rotatable bonds is 4. The van der Waals surface area contributed by atoms with E-state index in [1.807, 2.05) is 0 Å². The van der Waals surface area contributed by atoms with Gasteiger partial charge in [0, 0.05) is 17.2 Å². The van der Waals surface area contributed by atoms with Crippen LogP contribution in [0.2, 0.25) is 0 Å². The number of benzene rings is 2. The number of aryl methyl sites for hydroxylation is 2. The predicted octanol–water partition coefficient (Wildman–Crippen LogP) is 4.66. The number of aromatic carboxylic acids is 1. The number of H-pyrrole nitrogens is 1. The molecule has 1 amide bonds. The number of anilines is 1. The first kappa shape index (κ1) is 20.1. The molecule has 2 aromatic carbocycles. The average molecular weight is 403 g/mol. The summed E-state index contributed by atoms with van der Waals surface area (Å²) in [6.07, 6.45) is -4.47. The standard InChI is InChI=1S/C20H16F3N3O3/c1-10-5-13(8-14(6-10)20(21,22)23)16-9-17(26-25-16)24-18(27)15-4-3-12(19(28)29)7-11(15)2/h3-9H,1-2H3,(H,28,29)(H2,24,25,26,27). The van der Waals surface area contributed by atoms with E-state index in [1.165, 1.54) is 24.3 Å². The van der Waals surface area contributed by atoms with Crippen LogP contribution in [0.25, 0.3) is 11.3 Å². The van der Waals surface area contributed by atoms with Crippen LogP contribution >= 0.6 is 0 Å². The molecule has 9 heteroatoms. The fourth-order valence-corrected chi connectivity index (χ4v) is 2.87. The molecule has 0 saturated heterocycles. The molecule has 1 aromatic heterocycles. The van der Waals surface area contributed by atoms with Gasteiger partial charge in [-0.1, -0.05) is 0 Å². The Bertz CT molecular complexity index is 1100. The summed E-state index contributed by atoms with van der Waals surface area (Å²) in [4.78, 5) is 23.4. The topological polar surface area (TPSA) is 95.1 Å². The number of amides is 1. The molecule has 150 valence electrons. The molecule has 0 fully saturated rings. The van der Waals surface area contributed by atoms with Gasteiger partial charge in [0.1, 0.15) is 0 Å². The molecule has 0 bridgehead atoms. The van der Waals surface area contributed by atoms with Gasteiger partial charge in [0.2, 0.25) is 0 Å². The maximum absolute atomic E-state index is 13.0. The number of carboxylic acids is 1. The highest BCUT2D eigenvalue weighted by Crippen LogP contribution is 2.33. The number of carbonyl (C=O) groups is 2. The van der Waals surface area contributed by atoms with E-state index in [2.05, 4.69) is 15.5 Å². The summed E-state index contributed by atoms with van der Waals surface area (Å²) < 4.78 is 39.1. The Morgan fingerprint density at radius 3 is 2.41 bits per heavy atom. The quantitative estimate of drug-likeness (QED) is 0.590. The Balaban J connectivity index is 1.83. The fraction of sp³-hybridized carbons (Fsp3) is 0.150. The van der Waals surface area contributed by atoms with Gasteiger partial charge >= 0.3 is 12.1 Å². The number of halogens is 3. The number of hydrogen-bond acceptors (Lipinski definition) is 3. The number of nitrogens with zero attached hydrogens (tertiary/aromatic N) is 1. The first-order chi connectivity index (χ1) is 13.5. The molecular formula is C20H16F3N3O3. The molecule has 3 N–H and O–H groups in total. The highest BCUT2D eigenvalue weighted by Gasteiger charge is 2.31. The van der Waals surface area contributed by atoms with Crippen LogP contribution in [-0.4, -0.2) is 27.2 Å². The number of carboxylic acid groups (broad SMARTS) is 1. The van der Waals surface area contributed by atoms with Crippen LogP contribution in [0.1, 0.15) is 37.4 Å². The van der Waals surface area contributed by atoms with Gasteiger partial charge in [-0.05, 0) is 61.4 Å². The highest BCUT2D eigenvalue weighted by atomic mass is 19.4. The van der Waals surface area contributed by atoms with Crippen molar-refractivity contribution in [2.24, 2.45) is 0 Å². The van der Waals surface area contributed by atoms with E-state index in [4.69, 9.17) is 5.11 Å². The van der Waals surface area contributed by atoms with Gasteiger partial charge in [-0.3, -0.25) is 9.89 Å². The summed E-state index contributed by atoms with van der Waals surface area (Å²) >= 11 is 0. The third-order valence-corrected chi connectivity index (χ3v) is 4.25. The van der Waals surface area contributed by atoms with Gasteiger partial charge in [-0.15, -0.1) is 0 Å². The number of aromatic nitrogens is 2. The van der Waals surface area contributed by atoms with Gasteiger partial charge in [-0.2, -0.15) is 18.3 Å². The number of aromatic amines is 1. The fourth-order valence-electron chi connectivity index (χ4n) is 2.87. The molecule has 0 aliphatic carbocycles. The molecule has 3 aromatic rings. The third kappa shape index (κ3) is 4.45. The third-order valence-electron chi connectivity index (χ3n) is 4.25. The van der Waals surface area contributed by atoms with E-state index in [-0.39, 0.29) is 22.5 Å². The summed E-state index contributed by atoms with van der Waals surface area (Å²) in [6.45, 7) is 3.16. The summed E-state index contributed by atoms with van der Waals surface area (Å²) in [5.74, 6) is -1.49. The second kappa shape index (κ2) is 7.42. The maximum Gasteiger partial charge on any atom is 0.416 e. The lowest BCUT2D eigenvalue weighted by atomic mass is 10.0. The van der Waals surface area contributed by atoms with Crippen LogP contribution in [0, 0.1) is 13.8 Å². The summed E-state index contributed by atoms with van der Waals surface area (Å²) in [5.41, 5.74) is 1.04. The molecule has 0 aliphatic heterocycles. The summed E-state index contributed by atoms with van der Waals surface area (Å²) in [7, 11) is 0. The summed E-state index contributed by atoms with van der Waals surface area (Å²) in [6, 6.07) is 9.12. The zero-order valence-corrected chi connectivity index (χ0v) is 15.4. The number of carbonyl (C=O) groups excluding carboxylic acids is 1. The van der Waals surface area contributed by atoms with E-state index in [9.17, 15) is 22.8 Å². The zero-order valence-electron chi connectivity index (χ0n) is 15.4. The first-order valence-corrected chi connectivity index (χ1v) is 8.44. The Morgan fingerprint density at radius 2 is 1.79 bits per heavy atom. The summed E-state index contributed by atoms with van der Waals surface area (Å²) in [5, 5.41) is 18.1. The lowest BCUT2D eigenvalue weighted by Gasteiger charge is -2.09. The normalized spacial score (nSPS) is 11.3. The van der Waals surface area contributed by atoms with E-state index in [0.29, 0.717) is 16.8 Å². The van der Waals surface area contributed by atoms with Crippen molar-refractivity contribution in [3.8, 4) is 11.3 Å². The average Bonchev–Trinajstić information content (AvgIpc) is 3.08. The molecule has 1 heterocycles. The van der Waals surface area contributed by atoms with Crippen molar-refractivity contribution in [3.05, 3.63) is 70.3 Å². The van der Waals surface area contributed by atoms with Crippen LogP contribution < -0.4 is 5.32 Å². The second-order valence-electron chi connectivity index (χ2n) is 6.54. The van der Waals surface area contributed by atoms with Crippen molar-refractivity contribution in [1.29, 1.82) is 0 Å². The van der Waals surface area contributed by atoms with Gasteiger partial charge in [-0.25, -0.2) is 4.79 Å². The molecule has 29 heavy (non-hydrogen) atoms. The molecule has 0 spiro atoms. The van der Waals surface area contributed by atoms with Crippen molar-refractivity contribution in [3.63, 3.8) is 0 Å². The monoisotopic (exact) mass is 403 g/mol. The second-order valence-corrected chi connectivity index (χ2v) is 6.54.